The van der Waals surface area contributed by atoms with Crippen LogP contribution in [-0.2, 0) is 6.54 Å². The number of ether oxygens (including phenoxy) is 1. The van der Waals surface area contributed by atoms with Crippen LogP contribution in [0.5, 0.6) is 5.75 Å². The number of nitrogens with zero attached hydrogens (tertiary/aromatic N) is 1. The zero-order valence-corrected chi connectivity index (χ0v) is 13.0. The van der Waals surface area contributed by atoms with E-state index in [0.717, 1.165) is 30.5 Å². The van der Waals surface area contributed by atoms with Crippen LogP contribution >= 0.6 is 0 Å². The van der Waals surface area contributed by atoms with Crippen molar-refractivity contribution in [2.24, 2.45) is 0 Å². The Hall–Kier alpha value is -2.36. The number of hydrogen-bond donors (Lipinski definition) is 0. The lowest BCUT2D eigenvalue weighted by Crippen LogP contribution is -2.25. The minimum atomic E-state index is -0.241. The van der Waals surface area contributed by atoms with E-state index in [1.165, 1.54) is 0 Å². The summed E-state index contributed by atoms with van der Waals surface area (Å²) in [6.07, 6.45) is 3.64. The van der Waals surface area contributed by atoms with Crippen LogP contribution in [-0.4, -0.2) is 18.0 Å². The first-order valence-electron chi connectivity index (χ1n) is 7.55. The molecule has 116 valence electrons. The molecule has 0 atom stereocenters. The van der Waals surface area contributed by atoms with E-state index in [1.54, 1.807) is 17.7 Å². The first-order chi connectivity index (χ1) is 10.7. The average Bonchev–Trinajstić information content (AvgIpc) is 2.56. The lowest BCUT2D eigenvalue weighted by atomic mass is 10.1. The molecule has 1 aromatic heterocycles. The molecule has 2 aromatic rings. The molecular formula is C18H21NO3. The van der Waals surface area contributed by atoms with Gasteiger partial charge in [0.1, 0.15) is 5.75 Å². The quantitative estimate of drug-likeness (QED) is 0.580. The summed E-state index contributed by atoms with van der Waals surface area (Å²) in [6, 6.07) is 11.0. The fraction of sp³-hybridized carbons (Fsp3) is 0.333. The summed E-state index contributed by atoms with van der Waals surface area (Å²) in [7, 11) is 1.61. The highest BCUT2D eigenvalue weighted by Crippen LogP contribution is 2.29. The Morgan fingerprint density at radius 3 is 2.59 bits per heavy atom. The second-order valence-electron chi connectivity index (χ2n) is 5.16. The summed E-state index contributed by atoms with van der Waals surface area (Å²) in [6.45, 7) is 2.72. The topological polar surface area (TPSA) is 48.3 Å². The number of pyridine rings is 1. The van der Waals surface area contributed by atoms with Crippen LogP contribution in [0, 0.1) is 0 Å². The molecule has 0 radical (unpaired) electrons. The predicted molar refractivity (Wildman–Crippen MR) is 87.6 cm³/mol. The van der Waals surface area contributed by atoms with Crippen molar-refractivity contribution in [1.82, 2.24) is 4.57 Å². The van der Waals surface area contributed by atoms with Gasteiger partial charge in [-0.1, -0.05) is 31.9 Å². The highest BCUT2D eigenvalue weighted by atomic mass is 16.5. The molecule has 0 aliphatic heterocycles. The SMILES string of the molecule is CCCCCn1c(-c2ccccc2OC)ccc(C=O)c1=O. The molecular weight excluding hydrogens is 278 g/mol. The molecule has 0 saturated heterocycles. The molecule has 0 amide bonds. The van der Waals surface area contributed by atoms with Gasteiger partial charge in [-0.05, 0) is 30.7 Å². The molecule has 0 spiro atoms. The van der Waals surface area contributed by atoms with Gasteiger partial charge < -0.3 is 9.30 Å². The van der Waals surface area contributed by atoms with Gasteiger partial charge in [0.25, 0.3) is 5.56 Å². The van der Waals surface area contributed by atoms with Gasteiger partial charge in [0.05, 0.1) is 18.4 Å². The zero-order chi connectivity index (χ0) is 15.9. The summed E-state index contributed by atoms with van der Waals surface area (Å²) < 4.78 is 7.07. The van der Waals surface area contributed by atoms with E-state index in [1.807, 2.05) is 30.3 Å². The number of methoxy groups -OCH3 is 1. The van der Waals surface area contributed by atoms with E-state index in [0.29, 0.717) is 18.6 Å². The number of rotatable bonds is 7. The van der Waals surface area contributed by atoms with Gasteiger partial charge in [0.15, 0.2) is 6.29 Å². The fourth-order valence-corrected chi connectivity index (χ4v) is 2.52. The first kappa shape index (κ1) is 16.0. The van der Waals surface area contributed by atoms with Crippen LogP contribution in [0.1, 0.15) is 36.5 Å². The summed E-state index contributed by atoms with van der Waals surface area (Å²) in [4.78, 5) is 23.5. The van der Waals surface area contributed by atoms with E-state index in [-0.39, 0.29) is 11.1 Å². The zero-order valence-electron chi connectivity index (χ0n) is 13.0. The second-order valence-corrected chi connectivity index (χ2v) is 5.16. The smallest absolute Gasteiger partial charge is 0.261 e. The van der Waals surface area contributed by atoms with Crippen molar-refractivity contribution >= 4 is 6.29 Å². The number of aromatic nitrogens is 1. The Morgan fingerprint density at radius 1 is 1.14 bits per heavy atom. The molecule has 2 rings (SSSR count). The van der Waals surface area contributed by atoms with Crippen LogP contribution in [0.4, 0.5) is 0 Å². The number of carbonyl (C=O) groups is 1. The fourth-order valence-electron chi connectivity index (χ4n) is 2.52. The maximum atomic E-state index is 12.5. The maximum Gasteiger partial charge on any atom is 0.261 e. The standard InChI is InChI=1S/C18H21NO3/c1-3-4-7-12-19-16(11-10-14(13-20)18(19)21)15-8-5-6-9-17(15)22-2/h5-6,8-11,13H,3-4,7,12H2,1-2H3. The van der Waals surface area contributed by atoms with Gasteiger partial charge in [-0.2, -0.15) is 0 Å². The third-order valence-electron chi connectivity index (χ3n) is 3.70. The van der Waals surface area contributed by atoms with Gasteiger partial charge in [0.2, 0.25) is 0 Å². The van der Waals surface area contributed by atoms with Crippen LogP contribution in [0.25, 0.3) is 11.3 Å². The molecule has 22 heavy (non-hydrogen) atoms. The minimum absolute atomic E-state index is 0.190. The van der Waals surface area contributed by atoms with Crippen LogP contribution in [0.3, 0.4) is 0 Å². The van der Waals surface area contributed by atoms with E-state index in [4.69, 9.17) is 4.74 Å². The van der Waals surface area contributed by atoms with Gasteiger partial charge in [0, 0.05) is 12.1 Å². The molecule has 4 heteroatoms. The van der Waals surface area contributed by atoms with Crippen molar-refractivity contribution in [2.45, 2.75) is 32.7 Å². The monoisotopic (exact) mass is 299 g/mol. The number of unbranched alkanes of at least 4 members (excludes halogenated alkanes) is 2. The summed E-state index contributed by atoms with van der Waals surface area (Å²) in [5.41, 5.74) is 1.59. The Balaban J connectivity index is 2.57. The van der Waals surface area contributed by atoms with E-state index in [9.17, 15) is 9.59 Å². The Bertz CT molecular complexity index is 704. The van der Waals surface area contributed by atoms with Gasteiger partial charge in [-0.25, -0.2) is 0 Å². The van der Waals surface area contributed by atoms with Gasteiger partial charge >= 0.3 is 0 Å². The number of aldehydes is 1. The minimum Gasteiger partial charge on any atom is -0.496 e. The maximum absolute atomic E-state index is 12.5. The number of para-hydroxylation sites is 1. The number of carbonyl (C=O) groups excluding carboxylic acids is 1. The molecule has 0 N–H and O–H groups in total. The third-order valence-corrected chi connectivity index (χ3v) is 3.70. The highest BCUT2D eigenvalue weighted by molar-refractivity contribution is 5.76. The number of benzene rings is 1. The third kappa shape index (κ3) is 3.27. The van der Waals surface area contributed by atoms with Crippen molar-refractivity contribution in [3.8, 4) is 17.0 Å². The van der Waals surface area contributed by atoms with Crippen molar-refractivity contribution in [1.29, 1.82) is 0 Å². The molecule has 0 saturated carbocycles. The lowest BCUT2D eigenvalue weighted by Gasteiger charge is -2.15. The second kappa shape index (κ2) is 7.59. The largest absolute Gasteiger partial charge is 0.496 e. The molecule has 0 aliphatic carbocycles. The van der Waals surface area contributed by atoms with Crippen molar-refractivity contribution < 1.29 is 9.53 Å². The summed E-state index contributed by atoms with van der Waals surface area (Å²) >= 11 is 0. The Kier molecular flexibility index (Phi) is 5.53. The summed E-state index contributed by atoms with van der Waals surface area (Å²) in [5, 5.41) is 0. The van der Waals surface area contributed by atoms with Gasteiger partial charge in [-0.15, -0.1) is 0 Å². The molecule has 4 nitrogen and oxygen atoms in total. The first-order valence-corrected chi connectivity index (χ1v) is 7.55. The average molecular weight is 299 g/mol. The normalized spacial score (nSPS) is 10.5. The van der Waals surface area contributed by atoms with Crippen molar-refractivity contribution in [2.75, 3.05) is 7.11 Å². The molecule has 1 heterocycles. The molecule has 0 fully saturated rings. The highest BCUT2D eigenvalue weighted by Gasteiger charge is 2.13. The van der Waals surface area contributed by atoms with Crippen LogP contribution in [0.2, 0.25) is 0 Å². The molecule has 0 bridgehead atoms. The van der Waals surface area contributed by atoms with Crippen molar-refractivity contribution in [3.63, 3.8) is 0 Å². The number of hydrogen-bond acceptors (Lipinski definition) is 3. The molecule has 0 unspecified atom stereocenters. The van der Waals surface area contributed by atoms with Gasteiger partial charge in [-0.3, -0.25) is 9.59 Å². The Morgan fingerprint density at radius 2 is 1.91 bits per heavy atom. The lowest BCUT2D eigenvalue weighted by molar-refractivity contribution is 0.112. The van der Waals surface area contributed by atoms with E-state index in [2.05, 4.69) is 6.92 Å². The van der Waals surface area contributed by atoms with Crippen LogP contribution in [0.15, 0.2) is 41.2 Å². The van der Waals surface area contributed by atoms with E-state index < -0.39 is 0 Å². The van der Waals surface area contributed by atoms with E-state index >= 15 is 0 Å². The Labute approximate surface area is 130 Å². The predicted octanol–water partition coefficient (Wildman–Crippen LogP) is 3.53. The summed E-state index contributed by atoms with van der Waals surface area (Å²) in [5.74, 6) is 0.713. The van der Waals surface area contributed by atoms with Crippen molar-refractivity contribution in [3.05, 3.63) is 52.3 Å². The molecule has 0 aliphatic rings. The molecule has 1 aromatic carbocycles. The van der Waals surface area contributed by atoms with Crippen LogP contribution < -0.4 is 10.3 Å².